The second-order valence-electron chi connectivity index (χ2n) is 2.73. The summed E-state index contributed by atoms with van der Waals surface area (Å²) in [7, 11) is 3.21. The van der Waals surface area contributed by atoms with Crippen LogP contribution in [0, 0.1) is 0 Å². The highest BCUT2D eigenvalue weighted by molar-refractivity contribution is 14.1. The first-order chi connectivity index (χ1) is 7.19. The van der Waals surface area contributed by atoms with Crippen LogP contribution in [0.1, 0.15) is 13.3 Å². The number of methoxy groups -OCH3 is 2. The number of thiol groups is 1. The predicted molar refractivity (Wildman–Crippen MR) is 76.0 cm³/mol. The zero-order valence-electron chi connectivity index (χ0n) is 9.29. The van der Waals surface area contributed by atoms with Gasteiger partial charge in [0.15, 0.2) is 11.5 Å². The van der Waals surface area contributed by atoms with Crippen molar-refractivity contribution in [1.82, 2.24) is 0 Å². The van der Waals surface area contributed by atoms with Crippen LogP contribution in [0.4, 0.5) is 0 Å². The summed E-state index contributed by atoms with van der Waals surface area (Å²) in [5, 5.41) is 0. The van der Waals surface area contributed by atoms with Gasteiger partial charge in [0.1, 0.15) is 0 Å². The van der Waals surface area contributed by atoms with E-state index in [9.17, 15) is 0 Å². The Kier molecular flexibility index (Phi) is 9.09. The molecular weight excluding hydrogens is 323 g/mol. The zero-order chi connectivity index (χ0) is 11.7. The number of hydrogen-bond donors (Lipinski definition) is 1. The lowest BCUT2D eigenvalue weighted by Crippen LogP contribution is -1.89. The molecule has 0 spiro atoms. The molecule has 0 unspecified atom stereocenters. The van der Waals surface area contributed by atoms with Crippen molar-refractivity contribution in [3.05, 3.63) is 18.2 Å². The fraction of sp³-hybridized carbons (Fsp3) is 0.455. The van der Waals surface area contributed by atoms with Crippen LogP contribution in [0.25, 0.3) is 0 Å². The summed E-state index contributed by atoms with van der Waals surface area (Å²) in [5.41, 5.74) is 0. The molecule has 0 aromatic heterocycles. The molecule has 1 aromatic carbocycles. The number of ether oxygens (including phenoxy) is 2. The van der Waals surface area contributed by atoms with E-state index in [1.165, 1.54) is 10.8 Å². The Labute approximate surface area is 111 Å². The average molecular weight is 340 g/mol. The SMILES string of the molecule is CCCI.COc1ccc(S)cc1OC. The Bertz CT molecular complexity index is 277. The van der Waals surface area contributed by atoms with Gasteiger partial charge in [0.25, 0.3) is 0 Å². The summed E-state index contributed by atoms with van der Waals surface area (Å²) < 4.78 is 11.4. The first-order valence-electron chi connectivity index (χ1n) is 4.66. The fourth-order valence-electron chi connectivity index (χ4n) is 0.825. The molecule has 0 fully saturated rings. The summed E-state index contributed by atoms with van der Waals surface area (Å²) in [5.74, 6) is 1.44. The van der Waals surface area contributed by atoms with Crippen molar-refractivity contribution in [3.63, 3.8) is 0 Å². The Morgan fingerprint density at radius 3 is 2.13 bits per heavy atom. The van der Waals surface area contributed by atoms with Crippen molar-refractivity contribution in [1.29, 1.82) is 0 Å². The molecule has 86 valence electrons. The summed E-state index contributed by atoms with van der Waals surface area (Å²) in [4.78, 5) is 0.864. The predicted octanol–water partition coefficient (Wildman–Crippen LogP) is 3.82. The van der Waals surface area contributed by atoms with Crippen molar-refractivity contribution < 1.29 is 9.47 Å². The quantitative estimate of drug-likeness (QED) is 0.512. The minimum Gasteiger partial charge on any atom is -0.493 e. The molecule has 1 aromatic rings. The van der Waals surface area contributed by atoms with E-state index in [0.29, 0.717) is 5.75 Å². The van der Waals surface area contributed by atoms with E-state index in [-0.39, 0.29) is 0 Å². The standard InChI is InChI=1S/C8H10O2S.C3H7I/c1-9-7-4-3-6(11)5-8(7)10-2;1-2-3-4/h3-5,11H,1-2H3;2-3H2,1H3. The van der Waals surface area contributed by atoms with Gasteiger partial charge in [-0.1, -0.05) is 29.5 Å². The lowest BCUT2D eigenvalue weighted by atomic mass is 10.3. The van der Waals surface area contributed by atoms with Gasteiger partial charge in [0, 0.05) is 4.90 Å². The molecule has 0 atom stereocenters. The van der Waals surface area contributed by atoms with Crippen LogP contribution in [0.5, 0.6) is 11.5 Å². The highest BCUT2D eigenvalue weighted by Crippen LogP contribution is 2.28. The fourth-order valence-corrected chi connectivity index (χ4v) is 1.02. The van der Waals surface area contributed by atoms with Crippen LogP contribution >= 0.6 is 35.2 Å². The lowest BCUT2D eigenvalue weighted by Gasteiger charge is -2.06. The molecule has 0 aliphatic carbocycles. The molecule has 0 saturated carbocycles. The molecule has 0 radical (unpaired) electrons. The van der Waals surface area contributed by atoms with E-state index < -0.39 is 0 Å². The largest absolute Gasteiger partial charge is 0.493 e. The van der Waals surface area contributed by atoms with Crippen molar-refractivity contribution >= 4 is 35.2 Å². The Hall–Kier alpha value is -0.100. The van der Waals surface area contributed by atoms with Crippen LogP contribution in [0.15, 0.2) is 23.1 Å². The molecule has 0 aliphatic heterocycles. The van der Waals surface area contributed by atoms with Crippen LogP contribution in [0.3, 0.4) is 0 Å². The van der Waals surface area contributed by atoms with Gasteiger partial charge in [0.2, 0.25) is 0 Å². The van der Waals surface area contributed by atoms with Gasteiger partial charge in [-0.2, -0.15) is 0 Å². The molecule has 4 heteroatoms. The van der Waals surface area contributed by atoms with E-state index in [4.69, 9.17) is 9.47 Å². The maximum Gasteiger partial charge on any atom is 0.161 e. The van der Waals surface area contributed by atoms with Crippen molar-refractivity contribution in [2.24, 2.45) is 0 Å². The van der Waals surface area contributed by atoms with Crippen LogP contribution in [-0.2, 0) is 0 Å². The summed E-state index contributed by atoms with van der Waals surface area (Å²) in [6, 6.07) is 5.48. The second-order valence-corrected chi connectivity index (χ2v) is 4.32. The first kappa shape index (κ1) is 14.9. The van der Waals surface area contributed by atoms with Crippen LogP contribution in [0.2, 0.25) is 0 Å². The van der Waals surface area contributed by atoms with Crippen molar-refractivity contribution in [2.45, 2.75) is 18.2 Å². The third-order valence-electron chi connectivity index (χ3n) is 1.56. The van der Waals surface area contributed by atoms with E-state index in [1.54, 1.807) is 14.2 Å². The van der Waals surface area contributed by atoms with Crippen LogP contribution < -0.4 is 9.47 Å². The maximum absolute atomic E-state index is 5.04. The zero-order valence-corrected chi connectivity index (χ0v) is 12.3. The van der Waals surface area contributed by atoms with Gasteiger partial charge in [-0.25, -0.2) is 0 Å². The van der Waals surface area contributed by atoms with Crippen molar-refractivity contribution in [2.75, 3.05) is 18.6 Å². The molecule has 2 nitrogen and oxygen atoms in total. The van der Waals surface area contributed by atoms with E-state index in [1.807, 2.05) is 18.2 Å². The molecule has 1 rings (SSSR count). The summed E-state index contributed by atoms with van der Waals surface area (Å²) in [6.07, 6.45) is 1.31. The number of rotatable bonds is 3. The Morgan fingerprint density at radius 2 is 1.73 bits per heavy atom. The van der Waals surface area contributed by atoms with Gasteiger partial charge in [0.05, 0.1) is 14.2 Å². The maximum atomic E-state index is 5.04. The highest BCUT2D eigenvalue weighted by atomic mass is 127. The number of alkyl halides is 1. The second kappa shape index (κ2) is 9.15. The van der Waals surface area contributed by atoms with Gasteiger partial charge in [-0.15, -0.1) is 12.6 Å². The van der Waals surface area contributed by atoms with Gasteiger partial charge < -0.3 is 9.47 Å². The smallest absolute Gasteiger partial charge is 0.161 e. The van der Waals surface area contributed by atoms with Gasteiger partial charge >= 0.3 is 0 Å². The van der Waals surface area contributed by atoms with E-state index in [2.05, 4.69) is 42.1 Å². The van der Waals surface area contributed by atoms with Crippen LogP contribution in [-0.4, -0.2) is 18.6 Å². The monoisotopic (exact) mass is 340 g/mol. The van der Waals surface area contributed by atoms with Gasteiger partial charge in [-0.3, -0.25) is 0 Å². The third-order valence-corrected chi connectivity index (χ3v) is 2.91. The van der Waals surface area contributed by atoms with Crippen molar-refractivity contribution in [3.8, 4) is 11.5 Å². The van der Waals surface area contributed by atoms with E-state index in [0.717, 1.165) is 10.6 Å². The number of hydrogen-bond acceptors (Lipinski definition) is 3. The molecule has 0 aliphatic rings. The molecule has 0 N–H and O–H groups in total. The minimum absolute atomic E-state index is 0.708. The molecule has 0 amide bonds. The number of halogens is 1. The van der Waals surface area contributed by atoms with E-state index >= 15 is 0 Å². The normalized spacial score (nSPS) is 8.87. The molecular formula is C11H17IO2S. The molecule has 0 bridgehead atoms. The summed E-state index contributed by atoms with van der Waals surface area (Å²) >= 11 is 6.51. The molecule has 0 heterocycles. The average Bonchev–Trinajstić information content (AvgIpc) is 2.29. The highest BCUT2D eigenvalue weighted by Gasteiger charge is 2.01. The lowest BCUT2D eigenvalue weighted by molar-refractivity contribution is 0.354. The minimum atomic E-state index is 0.708. The summed E-state index contributed by atoms with van der Waals surface area (Å²) in [6.45, 7) is 2.17. The number of benzene rings is 1. The molecule has 15 heavy (non-hydrogen) atoms. The molecule has 0 saturated heterocycles. The topological polar surface area (TPSA) is 18.5 Å². The Balaban J connectivity index is 0.000000423. The first-order valence-corrected chi connectivity index (χ1v) is 6.63. The van der Waals surface area contributed by atoms with Gasteiger partial charge in [-0.05, 0) is 29.0 Å². The Morgan fingerprint density at radius 1 is 1.20 bits per heavy atom. The third kappa shape index (κ3) is 6.14.